The van der Waals surface area contributed by atoms with Gasteiger partial charge in [-0.1, -0.05) is 41.9 Å². The Morgan fingerprint density at radius 3 is 2.62 bits per heavy atom. The molecule has 2 aromatic carbocycles. The van der Waals surface area contributed by atoms with Crippen molar-refractivity contribution in [3.05, 3.63) is 77.3 Å². The number of hydrogen-bond donors (Lipinski definition) is 3. The predicted octanol–water partition coefficient (Wildman–Crippen LogP) is 4.22. The quantitative estimate of drug-likeness (QED) is 0.651. The van der Waals surface area contributed by atoms with Gasteiger partial charge in [-0.25, -0.2) is 4.98 Å². The second kappa shape index (κ2) is 7.19. The maximum Gasteiger partial charge on any atom is 0.221 e. The normalized spacial score (nSPS) is 11.8. The third kappa shape index (κ3) is 3.75. The molecular weight excluding hydrogens is 324 g/mol. The van der Waals surface area contributed by atoms with E-state index in [0.29, 0.717) is 10.7 Å². The van der Waals surface area contributed by atoms with Gasteiger partial charge in [-0.15, -0.1) is 0 Å². The van der Waals surface area contributed by atoms with E-state index in [-0.39, 0.29) is 11.9 Å². The zero-order chi connectivity index (χ0) is 16.9. The van der Waals surface area contributed by atoms with E-state index in [9.17, 15) is 4.79 Å². The Balaban J connectivity index is 1.90. The largest absolute Gasteiger partial charge is 0.370 e. The molecule has 3 aromatic rings. The lowest BCUT2D eigenvalue weighted by molar-refractivity contribution is -0.114. The average Bonchev–Trinajstić information content (AvgIpc) is 3.08. The number of hydrogen-bond acceptors (Lipinski definition) is 3. The summed E-state index contributed by atoms with van der Waals surface area (Å²) in [7, 11) is 0. The molecule has 0 aliphatic rings. The first-order valence-electron chi connectivity index (χ1n) is 7.51. The van der Waals surface area contributed by atoms with Gasteiger partial charge < -0.3 is 15.6 Å². The van der Waals surface area contributed by atoms with Crippen molar-refractivity contribution in [3.8, 4) is 0 Å². The standard InChI is InChI=1S/C18H17ClN4O/c1-12(24)22-14-7-8-16(15(19)11-14)23-17(18-20-9-10-21-18)13-5-3-2-4-6-13/h2-11,17,23H,1H3,(H,20,21)(H,22,24)/t17-/m1/s1. The maximum atomic E-state index is 11.1. The molecule has 0 saturated heterocycles. The molecule has 6 heteroatoms. The molecule has 0 unspecified atom stereocenters. The van der Waals surface area contributed by atoms with Gasteiger partial charge in [-0.3, -0.25) is 4.79 Å². The number of aromatic nitrogens is 2. The molecule has 0 aliphatic carbocycles. The molecule has 0 spiro atoms. The molecule has 3 rings (SSSR count). The summed E-state index contributed by atoms with van der Waals surface area (Å²) in [6.07, 6.45) is 3.50. The number of carbonyl (C=O) groups is 1. The van der Waals surface area contributed by atoms with Crippen molar-refractivity contribution in [1.29, 1.82) is 0 Å². The van der Waals surface area contributed by atoms with Crippen LogP contribution < -0.4 is 10.6 Å². The van der Waals surface area contributed by atoms with Gasteiger partial charge >= 0.3 is 0 Å². The van der Waals surface area contributed by atoms with Gasteiger partial charge in [0.15, 0.2) is 0 Å². The van der Waals surface area contributed by atoms with Crippen LogP contribution in [0.15, 0.2) is 60.9 Å². The highest BCUT2D eigenvalue weighted by Gasteiger charge is 2.17. The summed E-state index contributed by atoms with van der Waals surface area (Å²) in [6.45, 7) is 1.46. The number of nitrogens with zero attached hydrogens (tertiary/aromatic N) is 1. The number of nitrogens with one attached hydrogen (secondary N) is 3. The second-order valence-electron chi connectivity index (χ2n) is 5.34. The zero-order valence-electron chi connectivity index (χ0n) is 13.1. The van der Waals surface area contributed by atoms with Gasteiger partial charge in [0.25, 0.3) is 0 Å². The molecule has 0 fully saturated rings. The molecule has 0 bridgehead atoms. The van der Waals surface area contributed by atoms with E-state index in [2.05, 4.69) is 20.6 Å². The van der Waals surface area contributed by atoms with Gasteiger partial charge in [0.05, 0.1) is 10.7 Å². The lowest BCUT2D eigenvalue weighted by Crippen LogP contribution is -2.14. The number of carbonyl (C=O) groups excluding carboxylic acids is 1. The Kier molecular flexibility index (Phi) is 4.82. The van der Waals surface area contributed by atoms with Crippen LogP contribution in [0, 0.1) is 0 Å². The molecule has 0 radical (unpaired) electrons. The zero-order valence-corrected chi connectivity index (χ0v) is 13.8. The van der Waals surface area contributed by atoms with E-state index in [1.807, 2.05) is 36.4 Å². The number of aromatic amines is 1. The van der Waals surface area contributed by atoms with Crippen LogP contribution in [0.3, 0.4) is 0 Å². The lowest BCUT2D eigenvalue weighted by atomic mass is 10.1. The van der Waals surface area contributed by atoms with Gasteiger partial charge in [0.2, 0.25) is 5.91 Å². The van der Waals surface area contributed by atoms with Crippen LogP contribution in [0.2, 0.25) is 5.02 Å². The third-order valence-corrected chi connectivity index (χ3v) is 3.83. The number of halogens is 1. The summed E-state index contributed by atoms with van der Waals surface area (Å²) < 4.78 is 0. The number of benzene rings is 2. The Morgan fingerprint density at radius 1 is 1.21 bits per heavy atom. The Hall–Kier alpha value is -2.79. The van der Waals surface area contributed by atoms with E-state index in [0.717, 1.165) is 17.1 Å². The SMILES string of the molecule is CC(=O)Nc1ccc(N[C@H](c2ccccc2)c2ncc[nH]2)c(Cl)c1. The van der Waals surface area contributed by atoms with Crippen molar-refractivity contribution in [3.63, 3.8) is 0 Å². The molecule has 0 aliphatic heterocycles. The van der Waals surface area contributed by atoms with Gasteiger partial charge in [0.1, 0.15) is 11.9 Å². The fourth-order valence-corrected chi connectivity index (χ4v) is 2.69. The minimum absolute atomic E-state index is 0.135. The molecule has 1 aromatic heterocycles. The fourth-order valence-electron chi connectivity index (χ4n) is 2.46. The highest BCUT2D eigenvalue weighted by molar-refractivity contribution is 6.33. The van der Waals surface area contributed by atoms with Crippen LogP contribution in [0.1, 0.15) is 24.4 Å². The van der Waals surface area contributed by atoms with Crippen LogP contribution in [0.5, 0.6) is 0 Å². The molecule has 0 saturated carbocycles. The molecule has 5 nitrogen and oxygen atoms in total. The lowest BCUT2D eigenvalue weighted by Gasteiger charge is -2.20. The monoisotopic (exact) mass is 340 g/mol. The third-order valence-electron chi connectivity index (χ3n) is 3.52. The van der Waals surface area contributed by atoms with E-state index >= 15 is 0 Å². The smallest absolute Gasteiger partial charge is 0.221 e. The molecule has 1 heterocycles. The molecule has 122 valence electrons. The minimum atomic E-state index is -0.162. The van der Waals surface area contributed by atoms with Crippen molar-refractivity contribution in [2.45, 2.75) is 13.0 Å². The van der Waals surface area contributed by atoms with Crippen molar-refractivity contribution in [2.75, 3.05) is 10.6 Å². The minimum Gasteiger partial charge on any atom is -0.370 e. The Morgan fingerprint density at radius 2 is 2.00 bits per heavy atom. The summed E-state index contributed by atoms with van der Waals surface area (Å²) >= 11 is 6.36. The molecule has 24 heavy (non-hydrogen) atoms. The van der Waals surface area contributed by atoms with Gasteiger partial charge in [-0.05, 0) is 23.8 Å². The van der Waals surface area contributed by atoms with Gasteiger partial charge in [0, 0.05) is 25.0 Å². The van der Waals surface area contributed by atoms with Crippen LogP contribution >= 0.6 is 11.6 Å². The Bertz CT molecular complexity index is 818. The molecule has 3 N–H and O–H groups in total. The first-order valence-corrected chi connectivity index (χ1v) is 7.89. The van der Waals surface area contributed by atoms with Crippen LogP contribution in [-0.4, -0.2) is 15.9 Å². The summed E-state index contributed by atoms with van der Waals surface area (Å²) in [6, 6.07) is 15.2. The van der Waals surface area contributed by atoms with Gasteiger partial charge in [-0.2, -0.15) is 0 Å². The van der Waals surface area contributed by atoms with Crippen molar-refractivity contribution >= 4 is 28.9 Å². The average molecular weight is 341 g/mol. The summed E-state index contributed by atoms with van der Waals surface area (Å²) in [5.74, 6) is 0.660. The molecule has 1 atom stereocenters. The van der Waals surface area contributed by atoms with Crippen molar-refractivity contribution in [2.24, 2.45) is 0 Å². The highest BCUT2D eigenvalue weighted by atomic mass is 35.5. The van der Waals surface area contributed by atoms with Crippen LogP contribution in [-0.2, 0) is 4.79 Å². The highest BCUT2D eigenvalue weighted by Crippen LogP contribution is 2.31. The van der Waals surface area contributed by atoms with E-state index in [1.54, 1.807) is 24.5 Å². The molecule has 1 amide bonds. The Labute approximate surface area is 145 Å². The summed E-state index contributed by atoms with van der Waals surface area (Å²) in [5.41, 5.74) is 2.48. The maximum absolute atomic E-state index is 11.1. The van der Waals surface area contributed by atoms with Crippen LogP contribution in [0.4, 0.5) is 11.4 Å². The van der Waals surface area contributed by atoms with E-state index in [4.69, 9.17) is 11.6 Å². The van der Waals surface area contributed by atoms with Crippen LogP contribution in [0.25, 0.3) is 0 Å². The first kappa shape index (κ1) is 16.1. The van der Waals surface area contributed by atoms with Crippen molar-refractivity contribution < 1.29 is 4.79 Å². The number of H-pyrrole nitrogens is 1. The van der Waals surface area contributed by atoms with Crippen molar-refractivity contribution in [1.82, 2.24) is 9.97 Å². The number of rotatable bonds is 5. The first-order chi connectivity index (χ1) is 11.6. The fraction of sp³-hybridized carbons (Fsp3) is 0.111. The second-order valence-corrected chi connectivity index (χ2v) is 5.75. The molecular formula is C18H17ClN4O. The number of amides is 1. The van der Waals surface area contributed by atoms with E-state index in [1.165, 1.54) is 6.92 Å². The summed E-state index contributed by atoms with van der Waals surface area (Å²) in [5, 5.41) is 6.65. The number of anilines is 2. The predicted molar refractivity (Wildman–Crippen MR) is 96.3 cm³/mol. The van der Waals surface area contributed by atoms with E-state index < -0.39 is 0 Å². The summed E-state index contributed by atoms with van der Waals surface area (Å²) in [4.78, 5) is 18.6. The topological polar surface area (TPSA) is 69.8 Å². The number of imidazole rings is 1.